The summed E-state index contributed by atoms with van der Waals surface area (Å²) in [7, 11) is 3.57. The molecule has 0 radical (unpaired) electrons. The Bertz CT molecular complexity index is 1290. The summed E-state index contributed by atoms with van der Waals surface area (Å²) in [5, 5.41) is 10.4. The van der Waals surface area contributed by atoms with E-state index in [-0.39, 0.29) is 5.69 Å². The second kappa shape index (κ2) is 8.96. The number of carbonyl (C=O) groups is 1. The van der Waals surface area contributed by atoms with Gasteiger partial charge in [0.2, 0.25) is 0 Å². The van der Waals surface area contributed by atoms with E-state index in [1.54, 1.807) is 41.8 Å². The lowest BCUT2D eigenvalue weighted by Crippen LogP contribution is -2.21. The van der Waals surface area contributed by atoms with E-state index in [4.69, 9.17) is 9.90 Å². The van der Waals surface area contributed by atoms with Gasteiger partial charge in [-0.25, -0.2) is 14.6 Å². The van der Waals surface area contributed by atoms with Gasteiger partial charge in [0, 0.05) is 44.4 Å². The number of hydrogen-bond acceptors (Lipinski definition) is 5. The van der Waals surface area contributed by atoms with Crippen molar-refractivity contribution in [3.63, 3.8) is 0 Å². The first kappa shape index (κ1) is 22.6. The lowest BCUT2D eigenvalue weighted by atomic mass is 10.1. The molecule has 32 heavy (non-hydrogen) atoms. The minimum Gasteiger partial charge on any atom is -0.475 e. The number of aliphatic carboxylic acids is 1. The van der Waals surface area contributed by atoms with Crippen molar-refractivity contribution in [1.29, 1.82) is 0 Å². The van der Waals surface area contributed by atoms with E-state index < -0.39 is 12.1 Å². The molecule has 0 fully saturated rings. The van der Waals surface area contributed by atoms with Crippen LogP contribution >= 0.6 is 0 Å². The van der Waals surface area contributed by atoms with Crippen LogP contribution in [0.2, 0.25) is 0 Å². The number of benzene rings is 1. The van der Waals surface area contributed by atoms with Gasteiger partial charge in [-0.05, 0) is 23.8 Å². The first-order chi connectivity index (χ1) is 15.1. The molecule has 0 unspecified atom stereocenters. The Balaban J connectivity index is 0.000000360. The number of imidazole rings is 2. The molecule has 1 aromatic carbocycles. The van der Waals surface area contributed by atoms with Crippen molar-refractivity contribution in [3.8, 4) is 11.1 Å². The number of alkyl halides is 3. The third kappa shape index (κ3) is 4.96. The lowest BCUT2D eigenvalue weighted by Gasteiger charge is -2.07. The Hall–Kier alpha value is -4.09. The molecule has 3 heterocycles. The average Bonchev–Trinajstić information content (AvgIpc) is 3.36. The summed E-state index contributed by atoms with van der Waals surface area (Å²) < 4.78 is 35.0. The zero-order valence-corrected chi connectivity index (χ0v) is 17.0. The molecular formula is C20H19F3N6O3. The standard InChI is InChI=1S/C18H18N6O.C2HF3O2/c1-23-15-4-3-12(8-16(15)24(2)18(23)25)13-7-14(10-19-9-13)22-11-17-20-5-6-21-17;3-2(4,5)1(6)7/h3-10,22H,11H2,1-2H3,(H,20,21);(H,6,7). The van der Waals surface area contributed by atoms with Crippen molar-refractivity contribution in [2.24, 2.45) is 14.1 Å². The van der Waals surface area contributed by atoms with Gasteiger partial charge in [0.05, 0.1) is 23.3 Å². The average molecular weight is 448 g/mol. The maximum Gasteiger partial charge on any atom is 0.490 e. The van der Waals surface area contributed by atoms with Crippen LogP contribution in [0.3, 0.4) is 0 Å². The fourth-order valence-corrected chi connectivity index (χ4v) is 2.96. The van der Waals surface area contributed by atoms with E-state index in [9.17, 15) is 18.0 Å². The van der Waals surface area contributed by atoms with Crippen LogP contribution in [0.4, 0.5) is 18.9 Å². The molecule has 0 saturated carbocycles. The SMILES string of the molecule is Cn1c(=O)n(C)c2cc(-c3cncc(NCc4ncc[nH]4)c3)ccc21.O=C(O)C(F)(F)F. The van der Waals surface area contributed by atoms with Gasteiger partial charge >= 0.3 is 17.8 Å². The number of halogens is 3. The summed E-state index contributed by atoms with van der Waals surface area (Å²) in [6.07, 6.45) is 2.04. The van der Waals surface area contributed by atoms with E-state index in [2.05, 4.69) is 20.3 Å². The number of pyridine rings is 1. The molecule has 0 amide bonds. The highest BCUT2D eigenvalue weighted by Gasteiger charge is 2.38. The molecule has 4 rings (SSSR count). The molecule has 0 aliphatic heterocycles. The van der Waals surface area contributed by atoms with Gasteiger partial charge in [0.1, 0.15) is 5.82 Å². The fourth-order valence-electron chi connectivity index (χ4n) is 2.96. The van der Waals surface area contributed by atoms with Crippen LogP contribution in [0.5, 0.6) is 0 Å². The largest absolute Gasteiger partial charge is 0.490 e. The molecule has 0 spiro atoms. The highest BCUT2D eigenvalue weighted by Crippen LogP contribution is 2.25. The molecule has 0 bridgehead atoms. The summed E-state index contributed by atoms with van der Waals surface area (Å²) in [4.78, 5) is 32.5. The number of carboxylic acid groups (broad SMARTS) is 1. The number of carboxylic acids is 1. The zero-order valence-electron chi connectivity index (χ0n) is 17.0. The van der Waals surface area contributed by atoms with Crippen molar-refractivity contribution in [3.05, 3.63) is 65.4 Å². The van der Waals surface area contributed by atoms with Gasteiger partial charge in [-0.2, -0.15) is 13.2 Å². The van der Waals surface area contributed by atoms with Crippen molar-refractivity contribution in [2.75, 3.05) is 5.32 Å². The Morgan fingerprint density at radius 1 is 1.12 bits per heavy atom. The van der Waals surface area contributed by atoms with Crippen molar-refractivity contribution in [1.82, 2.24) is 24.1 Å². The molecule has 4 aromatic rings. The third-order valence-corrected chi connectivity index (χ3v) is 4.60. The van der Waals surface area contributed by atoms with Gasteiger partial charge in [-0.1, -0.05) is 6.07 Å². The topological polar surface area (TPSA) is 118 Å². The molecule has 3 N–H and O–H groups in total. The minimum absolute atomic E-state index is 0.0286. The first-order valence-corrected chi connectivity index (χ1v) is 9.21. The van der Waals surface area contributed by atoms with Crippen LogP contribution < -0.4 is 11.0 Å². The van der Waals surface area contributed by atoms with E-state index in [1.165, 1.54) is 0 Å². The van der Waals surface area contributed by atoms with Crippen LogP contribution in [0.15, 0.2) is 53.8 Å². The van der Waals surface area contributed by atoms with Crippen molar-refractivity contribution >= 4 is 22.7 Å². The van der Waals surface area contributed by atoms with Crippen LogP contribution in [-0.4, -0.2) is 41.3 Å². The van der Waals surface area contributed by atoms with Gasteiger partial charge < -0.3 is 15.4 Å². The van der Waals surface area contributed by atoms with Crippen molar-refractivity contribution < 1.29 is 23.1 Å². The summed E-state index contributed by atoms with van der Waals surface area (Å²) in [6, 6.07) is 8.03. The Kier molecular flexibility index (Phi) is 6.32. The van der Waals surface area contributed by atoms with Gasteiger partial charge in [-0.15, -0.1) is 0 Å². The Labute approximate surface area is 179 Å². The highest BCUT2D eigenvalue weighted by molar-refractivity contribution is 5.83. The number of H-pyrrole nitrogens is 1. The predicted octanol–water partition coefficient (Wildman–Crippen LogP) is 2.91. The molecule has 0 saturated heterocycles. The normalized spacial score (nSPS) is 11.2. The molecule has 9 nitrogen and oxygen atoms in total. The van der Waals surface area contributed by atoms with E-state index in [1.807, 2.05) is 30.5 Å². The summed E-state index contributed by atoms with van der Waals surface area (Å²) >= 11 is 0. The number of nitrogens with one attached hydrogen (secondary N) is 2. The molecule has 0 aliphatic carbocycles. The molecular weight excluding hydrogens is 429 g/mol. The zero-order chi connectivity index (χ0) is 23.5. The number of rotatable bonds is 4. The lowest BCUT2D eigenvalue weighted by molar-refractivity contribution is -0.192. The van der Waals surface area contributed by atoms with Crippen LogP contribution in [-0.2, 0) is 25.4 Å². The van der Waals surface area contributed by atoms with Crippen LogP contribution in [0.1, 0.15) is 5.82 Å². The number of anilines is 1. The summed E-state index contributed by atoms with van der Waals surface area (Å²) in [5.41, 5.74) is 4.70. The number of fused-ring (bicyclic) bond motifs is 1. The molecule has 0 atom stereocenters. The molecule has 168 valence electrons. The third-order valence-electron chi connectivity index (χ3n) is 4.60. The Morgan fingerprint density at radius 2 is 1.81 bits per heavy atom. The maximum atomic E-state index is 12.1. The van der Waals surface area contributed by atoms with Crippen LogP contribution in [0, 0.1) is 0 Å². The Morgan fingerprint density at radius 3 is 2.44 bits per heavy atom. The van der Waals surface area contributed by atoms with E-state index in [0.29, 0.717) is 6.54 Å². The second-order valence-electron chi connectivity index (χ2n) is 6.76. The summed E-state index contributed by atoms with van der Waals surface area (Å²) in [5.74, 6) is -1.89. The number of aromatic nitrogens is 5. The number of aromatic amines is 1. The number of aryl methyl sites for hydroxylation is 2. The molecule has 12 heteroatoms. The quantitative estimate of drug-likeness (QED) is 0.442. The smallest absolute Gasteiger partial charge is 0.475 e. The minimum atomic E-state index is -5.08. The van der Waals surface area contributed by atoms with Crippen LogP contribution in [0.25, 0.3) is 22.2 Å². The van der Waals surface area contributed by atoms with Crippen molar-refractivity contribution in [2.45, 2.75) is 12.7 Å². The second-order valence-corrected chi connectivity index (χ2v) is 6.76. The first-order valence-electron chi connectivity index (χ1n) is 9.21. The van der Waals surface area contributed by atoms with E-state index in [0.717, 1.165) is 33.7 Å². The molecule has 3 aromatic heterocycles. The fraction of sp³-hybridized carbons (Fsp3) is 0.200. The van der Waals surface area contributed by atoms with Gasteiger partial charge in [0.15, 0.2) is 0 Å². The van der Waals surface area contributed by atoms with E-state index >= 15 is 0 Å². The van der Waals surface area contributed by atoms with Gasteiger partial charge in [-0.3, -0.25) is 14.1 Å². The monoisotopic (exact) mass is 448 g/mol. The van der Waals surface area contributed by atoms with Gasteiger partial charge in [0.25, 0.3) is 0 Å². The molecule has 0 aliphatic rings. The predicted molar refractivity (Wildman–Crippen MR) is 111 cm³/mol. The maximum absolute atomic E-state index is 12.1. The number of nitrogens with zero attached hydrogens (tertiary/aromatic N) is 4. The number of hydrogen-bond donors (Lipinski definition) is 3. The summed E-state index contributed by atoms with van der Waals surface area (Å²) in [6.45, 7) is 0.602. The highest BCUT2D eigenvalue weighted by atomic mass is 19.4.